The van der Waals surface area contributed by atoms with Crippen molar-refractivity contribution in [1.82, 2.24) is 20.4 Å². The van der Waals surface area contributed by atoms with Gasteiger partial charge in [0.25, 0.3) is 0 Å². The Morgan fingerprint density at radius 1 is 1.38 bits per heavy atom. The summed E-state index contributed by atoms with van der Waals surface area (Å²) in [6.45, 7) is 10.8. The molecule has 1 aromatic heterocycles. The summed E-state index contributed by atoms with van der Waals surface area (Å²) in [4.78, 5) is 10.7. The molecule has 0 saturated carbocycles. The van der Waals surface area contributed by atoms with E-state index in [1.165, 1.54) is 11.3 Å². The summed E-state index contributed by atoms with van der Waals surface area (Å²) in [5, 5.41) is 9.11. The van der Waals surface area contributed by atoms with Gasteiger partial charge in [-0.3, -0.25) is 9.89 Å². The standard InChI is InChI=1S/C19H35N5OS/c1-5-16(2)23(4)9-8-21-19(20-3)22-15-17(18-7-6-14-26-18)24-10-12-25-13-11-24/h6-7,14,16-17H,5,8-13,15H2,1-4H3,(H2,20,21,22). The molecule has 0 radical (unpaired) electrons. The first-order chi connectivity index (χ1) is 12.7. The largest absolute Gasteiger partial charge is 0.379 e. The second-order valence-electron chi connectivity index (χ2n) is 6.80. The third-order valence-electron chi connectivity index (χ3n) is 5.14. The number of nitrogens with zero attached hydrogens (tertiary/aromatic N) is 3. The van der Waals surface area contributed by atoms with Gasteiger partial charge < -0.3 is 20.3 Å². The monoisotopic (exact) mass is 381 g/mol. The van der Waals surface area contributed by atoms with Crippen LogP contribution in [0.15, 0.2) is 22.5 Å². The quantitative estimate of drug-likeness (QED) is 0.506. The highest BCUT2D eigenvalue weighted by atomic mass is 32.1. The van der Waals surface area contributed by atoms with E-state index in [4.69, 9.17) is 4.74 Å². The molecule has 0 spiro atoms. The predicted molar refractivity (Wildman–Crippen MR) is 111 cm³/mol. The van der Waals surface area contributed by atoms with Gasteiger partial charge in [-0.1, -0.05) is 13.0 Å². The fourth-order valence-electron chi connectivity index (χ4n) is 3.08. The third-order valence-corrected chi connectivity index (χ3v) is 6.12. The van der Waals surface area contributed by atoms with E-state index in [-0.39, 0.29) is 0 Å². The zero-order valence-corrected chi connectivity index (χ0v) is 17.5. The highest BCUT2D eigenvalue weighted by molar-refractivity contribution is 7.10. The van der Waals surface area contributed by atoms with Gasteiger partial charge in [-0.25, -0.2) is 0 Å². The van der Waals surface area contributed by atoms with E-state index in [0.717, 1.165) is 51.9 Å². The van der Waals surface area contributed by atoms with Crippen molar-refractivity contribution in [1.29, 1.82) is 0 Å². The smallest absolute Gasteiger partial charge is 0.191 e. The molecule has 2 heterocycles. The Kier molecular flexibility index (Phi) is 9.39. The topological polar surface area (TPSA) is 52.1 Å². The molecule has 2 unspecified atom stereocenters. The Balaban J connectivity index is 1.83. The number of morpholine rings is 1. The molecule has 1 fully saturated rings. The molecule has 6 nitrogen and oxygen atoms in total. The highest BCUT2D eigenvalue weighted by Gasteiger charge is 2.23. The van der Waals surface area contributed by atoms with E-state index >= 15 is 0 Å². The summed E-state index contributed by atoms with van der Waals surface area (Å²) < 4.78 is 5.52. The molecule has 1 aromatic rings. The van der Waals surface area contributed by atoms with Crippen molar-refractivity contribution >= 4 is 17.3 Å². The fourth-order valence-corrected chi connectivity index (χ4v) is 3.94. The highest BCUT2D eigenvalue weighted by Crippen LogP contribution is 2.25. The van der Waals surface area contributed by atoms with Crippen LogP contribution >= 0.6 is 11.3 Å². The summed E-state index contributed by atoms with van der Waals surface area (Å²) in [6.07, 6.45) is 1.17. The Morgan fingerprint density at radius 3 is 2.77 bits per heavy atom. The van der Waals surface area contributed by atoms with Crippen molar-refractivity contribution in [3.8, 4) is 0 Å². The zero-order chi connectivity index (χ0) is 18.8. The minimum Gasteiger partial charge on any atom is -0.379 e. The fraction of sp³-hybridized carbons (Fsp3) is 0.737. The van der Waals surface area contributed by atoms with E-state index < -0.39 is 0 Å². The van der Waals surface area contributed by atoms with E-state index in [1.807, 2.05) is 18.4 Å². The Morgan fingerprint density at radius 2 is 2.15 bits per heavy atom. The molecule has 2 rings (SSSR count). The predicted octanol–water partition coefficient (Wildman–Crippen LogP) is 2.02. The molecule has 148 valence electrons. The number of guanidine groups is 1. The minimum atomic E-state index is 0.361. The van der Waals surface area contributed by atoms with Gasteiger partial charge in [0.1, 0.15) is 0 Å². The maximum absolute atomic E-state index is 5.52. The summed E-state index contributed by atoms with van der Waals surface area (Å²) in [5.74, 6) is 0.873. The van der Waals surface area contributed by atoms with Crippen LogP contribution in [0.1, 0.15) is 31.2 Å². The van der Waals surface area contributed by atoms with Crippen LogP contribution in [0, 0.1) is 0 Å². The van der Waals surface area contributed by atoms with Crippen molar-refractivity contribution in [2.75, 3.05) is 60.0 Å². The van der Waals surface area contributed by atoms with Gasteiger partial charge in [0.15, 0.2) is 5.96 Å². The minimum absolute atomic E-state index is 0.361. The zero-order valence-electron chi connectivity index (χ0n) is 16.7. The lowest BCUT2D eigenvalue weighted by Gasteiger charge is -2.34. The van der Waals surface area contributed by atoms with Gasteiger partial charge in [0.2, 0.25) is 0 Å². The van der Waals surface area contributed by atoms with Gasteiger partial charge in [0, 0.05) is 50.7 Å². The molecular weight excluding hydrogens is 346 g/mol. The first-order valence-electron chi connectivity index (χ1n) is 9.65. The second kappa shape index (κ2) is 11.5. The Hall–Kier alpha value is -1.15. The molecule has 0 amide bonds. The lowest BCUT2D eigenvalue weighted by Crippen LogP contribution is -2.47. The average molecular weight is 382 g/mol. The van der Waals surface area contributed by atoms with E-state index in [9.17, 15) is 0 Å². The molecule has 2 N–H and O–H groups in total. The van der Waals surface area contributed by atoms with Gasteiger partial charge >= 0.3 is 0 Å². The van der Waals surface area contributed by atoms with Crippen molar-refractivity contribution in [3.05, 3.63) is 22.4 Å². The van der Waals surface area contributed by atoms with Crippen molar-refractivity contribution in [2.24, 2.45) is 4.99 Å². The molecule has 0 aromatic carbocycles. The number of nitrogens with one attached hydrogen (secondary N) is 2. The Bertz CT molecular complexity index is 516. The first kappa shape index (κ1) is 21.2. The third kappa shape index (κ3) is 6.54. The Labute approximate surface area is 162 Å². The maximum Gasteiger partial charge on any atom is 0.191 e. The molecule has 26 heavy (non-hydrogen) atoms. The summed E-state index contributed by atoms with van der Waals surface area (Å²) in [7, 11) is 4.01. The van der Waals surface area contributed by atoms with Crippen LogP contribution in [-0.4, -0.2) is 81.8 Å². The average Bonchev–Trinajstić information content (AvgIpc) is 3.21. The van der Waals surface area contributed by atoms with Crippen molar-refractivity contribution in [3.63, 3.8) is 0 Å². The van der Waals surface area contributed by atoms with E-state index in [0.29, 0.717) is 12.1 Å². The summed E-state index contributed by atoms with van der Waals surface area (Å²) >= 11 is 1.82. The molecule has 1 aliphatic heterocycles. The first-order valence-corrected chi connectivity index (χ1v) is 10.5. The lowest BCUT2D eigenvalue weighted by atomic mass is 10.2. The van der Waals surface area contributed by atoms with Crippen LogP contribution in [0.3, 0.4) is 0 Å². The van der Waals surface area contributed by atoms with Crippen LogP contribution in [0.2, 0.25) is 0 Å². The normalized spacial score (nSPS) is 18.7. The number of rotatable bonds is 9. The van der Waals surface area contributed by atoms with Gasteiger partial charge in [-0.15, -0.1) is 11.3 Å². The molecule has 7 heteroatoms. The van der Waals surface area contributed by atoms with Crippen LogP contribution < -0.4 is 10.6 Å². The van der Waals surface area contributed by atoms with Gasteiger partial charge in [0.05, 0.1) is 19.3 Å². The van der Waals surface area contributed by atoms with Gasteiger partial charge in [-0.05, 0) is 31.8 Å². The number of ether oxygens (including phenoxy) is 1. The van der Waals surface area contributed by atoms with Gasteiger partial charge in [-0.2, -0.15) is 0 Å². The number of hydrogen-bond donors (Lipinski definition) is 2. The summed E-state index contributed by atoms with van der Waals surface area (Å²) in [6, 6.07) is 5.33. The van der Waals surface area contributed by atoms with Crippen LogP contribution in [0.5, 0.6) is 0 Å². The van der Waals surface area contributed by atoms with E-state index in [2.05, 4.69) is 63.8 Å². The van der Waals surface area contributed by atoms with E-state index in [1.54, 1.807) is 0 Å². The van der Waals surface area contributed by atoms with Crippen LogP contribution in [-0.2, 0) is 4.74 Å². The molecular formula is C19H35N5OS. The number of thiophene rings is 1. The molecule has 0 aliphatic carbocycles. The number of likely N-dealkylation sites (N-methyl/N-ethyl adjacent to an activating group) is 1. The molecule has 1 aliphatic rings. The molecule has 2 atom stereocenters. The van der Waals surface area contributed by atoms with Crippen LogP contribution in [0.4, 0.5) is 0 Å². The van der Waals surface area contributed by atoms with Crippen molar-refractivity contribution < 1.29 is 4.74 Å². The van der Waals surface area contributed by atoms with Crippen LogP contribution in [0.25, 0.3) is 0 Å². The maximum atomic E-state index is 5.52. The van der Waals surface area contributed by atoms with Crippen molar-refractivity contribution in [2.45, 2.75) is 32.4 Å². The summed E-state index contributed by atoms with van der Waals surface area (Å²) in [5.41, 5.74) is 0. The number of hydrogen-bond acceptors (Lipinski definition) is 5. The molecule has 1 saturated heterocycles. The second-order valence-corrected chi connectivity index (χ2v) is 7.78. The lowest BCUT2D eigenvalue weighted by molar-refractivity contribution is 0.0177. The molecule has 0 bridgehead atoms. The number of aliphatic imine (C=N–C) groups is 1. The SMILES string of the molecule is CCC(C)N(C)CCNC(=NC)NCC(c1cccs1)N1CCOCC1.